The van der Waals surface area contributed by atoms with Gasteiger partial charge in [-0.2, -0.15) is 5.10 Å². The smallest absolute Gasteiger partial charge is 0.130 e. The third-order valence-corrected chi connectivity index (χ3v) is 6.54. The number of hydrogen-bond acceptors (Lipinski definition) is 6. The number of aryl methyl sites for hydroxylation is 1. The molecule has 0 spiro atoms. The number of anilines is 2. The number of aliphatic hydroxyl groups excluding tert-OH is 1. The molecular formula is C26H25N5OS. The number of thioether (sulfide) groups is 1. The third-order valence-electron chi connectivity index (χ3n) is 5.80. The van der Waals surface area contributed by atoms with Gasteiger partial charge in [-0.3, -0.25) is 9.67 Å². The molecule has 1 unspecified atom stereocenters. The summed E-state index contributed by atoms with van der Waals surface area (Å²) < 4.78 is 1.85. The monoisotopic (exact) mass is 455 g/mol. The SMILES string of the molecule is CSc1ccc(Nc2cc3c(-c4ccc5c(cnn5CC(C)O)c4C)nccc3cn2)cc1. The molecule has 3 aromatic heterocycles. The number of fused-ring (bicyclic) bond motifs is 2. The van der Waals surface area contributed by atoms with Crippen LogP contribution < -0.4 is 5.32 Å². The molecule has 2 aromatic carbocycles. The highest BCUT2D eigenvalue weighted by atomic mass is 32.2. The van der Waals surface area contributed by atoms with E-state index in [-0.39, 0.29) is 0 Å². The van der Waals surface area contributed by atoms with Gasteiger partial charge in [0.25, 0.3) is 0 Å². The largest absolute Gasteiger partial charge is 0.391 e. The standard InChI is InChI=1S/C26H25N5OS/c1-16(32)15-31-24-9-8-21(17(2)23(24)14-29-31)26-22-12-25(28-13-18(22)10-11-27-26)30-19-4-6-20(33-3)7-5-19/h4-14,16,32H,15H2,1-3H3,(H,28,30). The highest BCUT2D eigenvalue weighted by Gasteiger charge is 2.14. The first kappa shape index (κ1) is 21.4. The Kier molecular flexibility index (Phi) is 5.74. The van der Waals surface area contributed by atoms with Gasteiger partial charge in [-0.25, -0.2) is 4.98 Å². The molecule has 6 nitrogen and oxygen atoms in total. The predicted molar refractivity (Wildman–Crippen MR) is 136 cm³/mol. The van der Waals surface area contributed by atoms with Crippen molar-refractivity contribution in [2.45, 2.75) is 31.4 Å². The molecule has 0 amide bonds. The fourth-order valence-electron chi connectivity index (χ4n) is 4.11. The van der Waals surface area contributed by atoms with Crippen molar-refractivity contribution >= 4 is 44.9 Å². The molecule has 33 heavy (non-hydrogen) atoms. The van der Waals surface area contributed by atoms with Crippen LogP contribution in [0.4, 0.5) is 11.5 Å². The lowest BCUT2D eigenvalue weighted by molar-refractivity contribution is 0.170. The van der Waals surface area contributed by atoms with Gasteiger partial charge in [0.15, 0.2) is 0 Å². The van der Waals surface area contributed by atoms with Crippen molar-refractivity contribution in [1.82, 2.24) is 19.7 Å². The van der Waals surface area contributed by atoms with Gasteiger partial charge in [0.2, 0.25) is 0 Å². The number of hydrogen-bond donors (Lipinski definition) is 2. The van der Waals surface area contributed by atoms with Gasteiger partial charge in [-0.1, -0.05) is 6.07 Å². The summed E-state index contributed by atoms with van der Waals surface area (Å²) in [6.45, 7) is 4.33. The number of nitrogens with one attached hydrogen (secondary N) is 1. The molecule has 0 fully saturated rings. The molecule has 0 bridgehead atoms. The number of aromatic nitrogens is 4. The molecule has 0 radical (unpaired) electrons. The Morgan fingerprint density at radius 3 is 2.61 bits per heavy atom. The van der Waals surface area contributed by atoms with Crippen LogP contribution in [0, 0.1) is 6.92 Å². The summed E-state index contributed by atoms with van der Waals surface area (Å²) in [7, 11) is 0. The number of rotatable bonds is 6. The van der Waals surface area contributed by atoms with Crippen LogP contribution in [0.25, 0.3) is 32.9 Å². The number of aliphatic hydroxyl groups is 1. The van der Waals surface area contributed by atoms with Crippen molar-refractivity contribution in [2.75, 3.05) is 11.6 Å². The summed E-state index contributed by atoms with van der Waals surface area (Å²) in [6.07, 6.45) is 7.19. The predicted octanol–water partition coefficient (Wildman–Crippen LogP) is 5.80. The molecule has 166 valence electrons. The van der Waals surface area contributed by atoms with E-state index in [1.54, 1.807) is 18.7 Å². The molecule has 0 aliphatic heterocycles. The first-order valence-corrected chi connectivity index (χ1v) is 12.1. The fraction of sp³-hybridized carbons (Fsp3) is 0.192. The second kappa shape index (κ2) is 8.84. The van der Waals surface area contributed by atoms with Crippen molar-refractivity contribution in [3.8, 4) is 11.3 Å². The molecule has 1 atom stereocenters. The van der Waals surface area contributed by atoms with Crippen LogP contribution in [0.3, 0.4) is 0 Å². The fourth-order valence-corrected chi connectivity index (χ4v) is 4.52. The zero-order valence-electron chi connectivity index (χ0n) is 18.8. The number of pyridine rings is 2. The zero-order chi connectivity index (χ0) is 22.9. The second-order valence-electron chi connectivity index (χ2n) is 8.15. The minimum absolute atomic E-state index is 0.455. The normalized spacial score (nSPS) is 12.4. The first-order valence-electron chi connectivity index (χ1n) is 10.8. The topological polar surface area (TPSA) is 75.9 Å². The highest BCUT2D eigenvalue weighted by molar-refractivity contribution is 7.98. The van der Waals surface area contributed by atoms with Gasteiger partial charge in [0.05, 0.1) is 30.1 Å². The summed E-state index contributed by atoms with van der Waals surface area (Å²) in [5.41, 5.74) is 5.09. The Labute approximate surface area is 196 Å². The van der Waals surface area contributed by atoms with Crippen molar-refractivity contribution in [2.24, 2.45) is 0 Å². The molecule has 2 N–H and O–H groups in total. The lowest BCUT2D eigenvalue weighted by Gasteiger charge is -2.12. The molecule has 3 heterocycles. The van der Waals surface area contributed by atoms with Crippen molar-refractivity contribution in [1.29, 1.82) is 0 Å². The van der Waals surface area contributed by atoms with Crippen molar-refractivity contribution < 1.29 is 5.11 Å². The Morgan fingerprint density at radius 2 is 1.85 bits per heavy atom. The molecule has 0 aliphatic rings. The molecule has 5 rings (SSSR count). The molecule has 0 saturated carbocycles. The van der Waals surface area contributed by atoms with Crippen molar-refractivity contribution in [3.63, 3.8) is 0 Å². The Morgan fingerprint density at radius 1 is 1.03 bits per heavy atom. The van der Waals surface area contributed by atoms with Crippen LogP contribution in [-0.2, 0) is 6.54 Å². The Bertz CT molecular complexity index is 1440. The van der Waals surface area contributed by atoms with E-state index in [2.05, 4.69) is 71.0 Å². The van der Waals surface area contributed by atoms with Gasteiger partial charge in [-0.05, 0) is 68.1 Å². The molecule has 7 heteroatoms. The van der Waals surface area contributed by atoms with Gasteiger partial charge in [0.1, 0.15) is 5.82 Å². The average molecular weight is 456 g/mol. The van der Waals surface area contributed by atoms with Crippen LogP contribution in [0.5, 0.6) is 0 Å². The quantitative estimate of drug-likeness (QED) is 0.315. The molecule has 0 aliphatic carbocycles. The maximum atomic E-state index is 9.78. The van der Waals surface area contributed by atoms with Gasteiger partial charge < -0.3 is 10.4 Å². The van der Waals surface area contributed by atoms with Gasteiger partial charge >= 0.3 is 0 Å². The third kappa shape index (κ3) is 4.17. The maximum absolute atomic E-state index is 9.78. The van der Waals surface area contributed by atoms with Crippen LogP contribution in [0.15, 0.2) is 72.0 Å². The second-order valence-corrected chi connectivity index (χ2v) is 9.03. The lowest BCUT2D eigenvalue weighted by Crippen LogP contribution is -2.12. The van der Waals surface area contributed by atoms with E-state index in [1.165, 1.54) is 4.90 Å². The van der Waals surface area contributed by atoms with E-state index in [0.29, 0.717) is 6.54 Å². The average Bonchev–Trinajstić information content (AvgIpc) is 3.22. The summed E-state index contributed by atoms with van der Waals surface area (Å²) in [5.74, 6) is 0.775. The Balaban J connectivity index is 1.57. The van der Waals surface area contributed by atoms with E-state index < -0.39 is 6.10 Å². The lowest BCUT2D eigenvalue weighted by atomic mass is 9.98. The van der Waals surface area contributed by atoms with Crippen molar-refractivity contribution in [3.05, 3.63) is 72.7 Å². The Hall–Kier alpha value is -3.42. The van der Waals surface area contributed by atoms with E-state index in [1.807, 2.05) is 29.3 Å². The summed E-state index contributed by atoms with van der Waals surface area (Å²) in [5, 5.41) is 20.8. The highest BCUT2D eigenvalue weighted by Crippen LogP contribution is 2.34. The molecule has 0 saturated heterocycles. The minimum atomic E-state index is -0.455. The van der Waals surface area contributed by atoms with E-state index >= 15 is 0 Å². The first-order chi connectivity index (χ1) is 16.0. The van der Waals surface area contributed by atoms with E-state index in [0.717, 1.165) is 50.0 Å². The van der Waals surface area contributed by atoms with Crippen LogP contribution in [0.2, 0.25) is 0 Å². The number of benzene rings is 2. The maximum Gasteiger partial charge on any atom is 0.130 e. The van der Waals surface area contributed by atoms with Crippen LogP contribution in [0.1, 0.15) is 12.5 Å². The number of nitrogens with zero attached hydrogens (tertiary/aromatic N) is 4. The summed E-state index contributed by atoms with van der Waals surface area (Å²) >= 11 is 1.72. The van der Waals surface area contributed by atoms with Crippen LogP contribution >= 0.6 is 11.8 Å². The summed E-state index contributed by atoms with van der Waals surface area (Å²) in [6, 6.07) is 16.5. The van der Waals surface area contributed by atoms with E-state index in [4.69, 9.17) is 4.98 Å². The van der Waals surface area contributed by atoms with Crippen LogP contribution in [-0.4, -0.2) is 37.2 Å². The molecule has 5 aromatic rings. The molecular weight excluding hydrogens is 430 g/mol. The zero-order valence-corrected chi connectivity index (χ0v) is 19.6. The summed E-state index contributed by atoms with van der Waals surface area (Å²) in [4.78, 5) is 10.6. The van der Waals surface area contributed by atoms with Gasteiger partial charge in [-0.15, -0.1) is 11.8 Å². The van der Waals surface area contributed by atoms with Gasteiger partial charge in [0, 0.05) is 44.7 Å². The van der Waals surface area contributed by atoms with E-state index in [9.17, 15) is 5.11 Å². The minimum Gasteiger partial charge on any atom is -0.391 e.